The monoisotopic (exact) mass is 354 g/mol. The van der Waals surface area contributed by atoms with Crippen molar-refractivity contribution in [3.05, 3.63) is 46.6 Å². The lowest BCUT2D eigenvalue weighted by Crippen LogP contribution is -2.22. The van der Waals surface area contributed by atoms with Crippen LogP contribution in [-0.2, 0) is 6.42 Å². The number of likely N-dealkylation sites (tertiary alicyclic amines) is 1. The van der Waals surface area contributed by atoms with Crippen molar-refractivity contribution in [2.24, 2.45) is 0 Å². The number of nitrogens with one attached hydrogen (secondary N) is 2. The Morgan fingerprint density at radius 2 is 2.16 bits per heavy atom. The summed E-state index contributed by atoms with van der Waals surface area (Å²) in [5.74, 6) is -0.125. The predicted octanol–water partition coefficient (Wildman–Crippen LogP) is 3.82. The summed E-state index contributed by atoms with van der Waals surface area (Å²) in [5.41, 5.74) is 3.43. The minimum atomic E-state index is -0.125. The van der Waals surface area contributed by atoms with Crippen LogP contribution < -0.4 is 5.32 Å². The van der Waals surface area contributed by atoms with Crippen molar-refractivity contribution in [3.8, 4) is 0 Å². The van der Waals surface area contributed by atoms with E-state index in [0.29, 0.717) is 5.69 Å². The molecular formula is C19H22N4OS. The number of thiazole rings is 1. The predicted molar refractivity (Wildman–Crippen MR) is 102 cm³/mol. The molecule has 1 fully saturated rings. The quantitative estimate of drug-likeness (QED) is 0.732. The number of H-pyrrole nitrogens is 1. The zero-order valence-corrected chi connectivity index (χ0v) is 15.2. The summed E-state index contributed by atoms with van der Waals surface area (Å²) in [6, 6.07) is 10.0. The maximum Gasteiger partial charge on any atom is 0.272 e. The van der Waals surface area contributed by atoms with E-state index in [2.05, 4.69) is 32.3 Å². The molecule has 130 valence electrons. The van der Waals surface area contributed by atoms with Gasteiger partial charge in [-0.3, -0.25) is 4.79 Å². The molecule has 3 aromatic rings. The molecule has 1 aromatic carbocycles. The fourth-order valence-electron chi connectivity index (χ4n) is 3.34. The molecule has 2 aromatic heterocycles. The van der Waals surface area contributed by atoms with Crippen LogP contribution in [0.25, 0.3) is 10.3 Å². The Balaban J connectivity index is 1.41. The second-order valence-corrected chi connectivity index (χ2v) is 7.82. The van der Waals surface area contributed by atoms with E-state index in [1.54, 1.807) is 11.3 Å². The second-order valence-electron chi connectivity index (χ2n) is 6.58. The first-order valence-electron chi connectivity index (χ1n) is 8.76. The van der Waals surface area contributed by atoms with Crippen LogP contribution in [0.4, 0.5) is 5.69 Å². The summed E-state index contributed by atoms with van der Waals surface area (Å²) >= 11 is 1.59. The number of anilines is 1. The maximum absolute atomic E-state index is 12.5. The first-order valence-corrected chi connectivity index (χ1v) is 9.58. The van der Waals surface area contributed by atoms with Crippen LogP contribution in [0.3, 0.4) is 0 Å². The van der Waals surface area contributed by atoms with Gasteiger partial charge in [-0.25, -0.2) is 4.98 Å². The van der Waals surface area contributed by atoms with Crippen molar-refractivity contribution < 1.29 is 4.79 Å². The SMILES string of the molecule is Cc1nc2[nH]c(C(=O)Nc3cccc(CCN4CCCC4)c3)cc2s1. The minimum absolute atomic E-state index is 0.125. The number of hydrogen-bond acceptors (Lipinski definition) is 4. The Kier molecular flexibility index (Phi) is 4.55. The highest BCUT2D eigenvalue weighted by molar-refractivity contribution is 7.18. The summed E-state index contributed by atoms with van der Waals surface area (Å²) in [5, 5.41) is 3.98. The molecule has 0 spiro atoms. The van der Waals surface area contributed by atoms with Gasteiger partial charge in [0.2, 0.25) is 0 Å². The fourth-order valence-corrected chi connectivity index (χ4v) is 4.17. The molecule has 1 saturated heterocycles. The van der Waals surface area contributed by atoms with Crippen molar-refractivity contribution >= 4 is 33.3 Å². The van der Waals surface area contributed by atoms with Gasteiger partial charge < -0.3 is 15.2 Å². The number of aromatic nitrogens is 2. The van der Waals surface area contributed by atoms with Gasteiger partial charge in [0, 0.05) is 12.2 Å². The van der Waals surface area contributed by atoms with Gasteiger partial charge in [-0.05, 0) is 63.0 Å². The van der Waals surface area contributed by atoms with Crippen molar-refractivity contribution in [2.45, 2.75) is 26.2 Å². The molecule has 25 heavy (non-hydrogen) atoms. The van der Waals surface area contributed by atoms with E-state index < -0.39 is 0 Å². The third kappa shape index (κ3) is 3.75. The molecule has 6 heteroatoms. The largest absolute Gasteiger partial charge is 0.334 e. The molecule has 0 saturated carbocycles. The molecule has 4 rings (SSSR count). The molecule has 0 radical (unpaired) electrons. The van der Waals surface area contributed by atoms with E-state index in [0.717, 1.165) is 34.0 Å². The average molecular weight is 354 g/mol. The van der Waals surface area contributed by atoms with E-state index in [9.17, 15) is 4.79 Å². The van der Waals surface area contributed by atoms with Gasteiger partial charge in [-0.2, -0.15) is 0 Å². The van der Waals surface area contributed by atoms with Crippen molar-refractivity contribution in [1.82, 2.24) is 14.9 Å². The number of fused-ring (bicyclic) bond motifs is 1. The van der Waals surface area contributed by atoms with Crippen LogP contribution in [0.15, 0.2) is 30.3 Å². The van der Waals surface area contributed by atoms with E-state index in [1.165, 1.54) is 31.5 Å². The number of carbonyl (C=O) groups excluding carboxylic acids is 1. The van der Waals surface area contributed by atoms with Crippen LogP contribution in [0.2, 0.25) is 0 Å². The van der Waals surface area contributed by atoms with Gasteiger partial charge in [0.05, 0.1) is 9.71 Å². The minimum Gasteiger partial charge on any atom is -0.334 e. The summed E-state index contributed by atoms with van der Waals surface area (Å²) in [6.45, 7) is 5.49. The second kappa shape index (κ2) is 6.98. The molecule has 5 nitrogen and oxygen atoms in total. The normalized spacial score (nSPS) is 15.1. The molecule has 0 aliphatic carbocycles. The van der Waals surface area contributed by atoms with E-state index in [1.807, 2.05) is 25.1 Å². The lowest BCUT2D eigenvalue weighted by molar-refractivity contribution is 0.102. The first-order chi connectivity index (χ1) is 12.2. The standard InChI is InChI=1S/C19H22N4OS/c1-13-20-18-17(25-13)12-16(22-18)19(24)21-15-6-4-5-14(11-15)7-10-23-8-2-3-9-23/h4-6,11-12,22H,2-3,7-10H2,1H3,(H,21,24). The van der Waals surface area contributed by atoms with Gasteiger partial charge in [0.25, 0.3) is 5.91 Å². The Bertz CT molecular complexity index is 860. The van der Waals surface area contributed by atoms with E-state index in [4.69, 9.17) is 0 Å². The van der Waals surface area contributed by atoms with Gasteiger partial charge in [-0.1, -0.05) is 12.1 Å². The zero-order chi connectivity index (χ0) is 17.2. The third-order valence-corrected chi connectivity index (χ3v) is 5.55. The molecule has 1 aliphatic heterocycles. The molecule has 0 bridgehead atoms. The fraction of sp³-hybridized carbons (Fsp3) is 0.368. The van der Waals surface area contributed by atoms with E-state index >= 15 is 0 Å². The molecule has 3 heterocycles. The Morgan fingerprint density at radius 1 is 1.32 bits per heavy atom. The Hall–Kier alpha value is -2.18. The highest BCUT2D eigenvalue weighted by Gasteiger charge is 2.13. The number of nitrogens with zero attached hydrogens (tertiary/aromatic N) is 2. The molecule has 1 aliphatic rings. The number of hydrogen-bond donors (Lipinski definition) is 2. The number of aromatic amines is 1. The van der Waals surface area contributed by atoms with Crippen LogP contribution in [0.5, 0.6) is 0 Å². The summed E-state index contributed by atoms with van der Waals surface area (Å²) in [4.78, 5) is 22.4. The molecule has 0 unspecified atom stereocenters. The average Bonchev–Trinajstić information content (AvgIpc) is 3.29. The number of aryl methyl sites for hydroxylation is 1. The van der Waals surface area contributed by atoms with Crippen LogP contribution in [-0.4, -0.2) is 40.4 Å². The Morgan fingerprint density at radius 3 is 2.96 bits per heavy atom. The number of carbonyl (C=O) groups is 1. The van der Waals surface area contributed by atoms with Crippen molar-refractivity contribution in [1.29, 1.82) is 0 Å². The van der Waals surface area contributed by atoms with Crippen LogP contribution in [0.1, 0.15) is 33.9 Å². The molecular weight excluding hydrogens is 332 g/mol. The molecule has 0 atom stereocenters. The number of rotatable bonds is 5. The molecule has 2 N–H and O–H groups in total. The van der Waals surface area contributed by atoms with E-state index in [-0.39, 0.29) is 5.91 Å². The third-order valence-electron chi connectivity index (χ3n) is 4.63. The summed E-state index contributed by atoms with van der Waals surface area (Å²) < 4.78 is 1.02. The van der Waals surface area contributed by atoms with Crippen LogP contribution >= 0.6 is 11.3 Å². The van der Waals surface area contributed by atoms with Crippen molar-refractivity contribution in [3.63, 3.8) is 0 Å². The maximum atomic E-state index is 12.5. The first kappa shape index (κ1) is 16.3. The summed E-state index contributed by atoms with van der Waals surface area (Å²) in [7, 11) is 0. The number of amides is 1. The van der Waals surface area contributed by atoms with Crippen molar-refractivity contribution in [2.75, 3.05) is 25.0 Å². The Labute approximate surface area is 151 Å². The lowest BCUT2D eigenvalue weighted by atomic mass is 10.1. The highest BCUT2D eigenvalue weighted by Crippen LogP contribution is 2.23. The van der Waals surface area contributed by atoms with Gasteiger partial charge in [-0.15, -0.1) is 11.3 Å². The summed E-state index contributed by atoms with van der Waals surface area (Å²) in [6.07, 6.45) is 3.65. The van der Waals surface area contributed by atoms with Crippen LogP contribution in [0, 0.1) is 6.92 Å². The van der Waals surface area contributed by atoms with Gasteiger partial charge >= 0.3 is 0 Å². The molecule has 1 amide bonds. The topological polar surface area (TPSA) is 61.0 Å². The smallest absolute Gasteiger partial charge is 0.272 e. The zero-order valence-electron chi connectivity index (χ0n) is 14.3. The lowest BCUT2D eigenvalue weighted by Gasteiger charge is -2.14. The number of benzene rings is 1. The highest BCUT2D eigenvalue weighted by atomic mass is 32.1. The van der Waals surface area contributed by atoms with Gasteiger partial charge in [0.1, 0.15) is 11.3 Å². The van der Waals surface area contributed by atoms with Gasteiger partial charge in [0.15, 0.2) is 0 Å².